The molecule has 2 atom stereocenters. The van der Waals surface area contributed by atoms with E-state index in [1.807, 2.05) is 19.1 Å². The van der Waals surface area contributed by atoms with Gasteiger partial charge in [-0.05, 0) is 42.3 Å². The minimum atomic E-state index is -3.70. The van der Waals surface area contributed by atoms with Crippen molar-refractivity contribution in [1.29, 1.82) is 0 Å². The second-order valence-corrected chi connectivity index (χ2v) is 9.78. The molecule has 10 heteroatoms. The fraction of sp³-hybridized carbons (Fsp3) is 0.391. The maximum Gasteiger partial charge on any atom is 0.230 e. The number of benzene rings is 2. The topological polar surface area (TPSA) is 105 Å². The first-order valence-electron chi connectivity index (χ1n) is 10.6. The van der Waals surface area contributed by atoms with Crippen LogP contribution in [0.3, 0.4) is 0 Å². The van der Waals surface area contributed by atoms with Gasteiger partial charge in [-0.3, -0.25) is 14.3 Å². The molecule has 2 N–H and O–H groups in total. The maximum atomic E-state index is 14.0. The molecule has 8 nitrogen and oxygen atoms in total. The van der Waals surface area contributed by atoms with E-state index in [0.717, 1.165) is 30.7 Å². The zero-order chi connectivity index (χ0) is 24.2. The molecule has 0 saturated carbocycles. The van der Waals surface area contributed by atoms with E-state index in [9.17, 15) is 22.4 Å². The van der Waals surface area contributed by atoms with Gasteiger partial charge in [0.05, 0.1) is 31.0 Å². The first-order valence-corrected chi connectivity index (χ1v) is 12.5. The van der Waals surface area contributed by atoms with Crippen LogP contribution in [0.5, 0.6) is 5.75 Å². The van der Waals surface area contributed by atoms with Gasteiger partial charge in [-0.25, -0.2) is 12.8 Å². The summed E-state index contributed by atoms with van der Waals surface area (Å²) in [6.45, 7) is 2.57. The molecule has 0 bridgehead atoms. The lowest BCUT2D eigenvalue weighted by molar-refractivity contribution is -0.129. The van der Waals surface area contributed by atoms with E-state index in [4.69, 9.17) is 4.74 Å². The SMILES string of the molecule is CCCCN1C(=O)C[C@H](C(=O)Nc2ccc(F)c(NS(C)(=O)=O)c2)[C@H]1c1ccc(OC)cc1. The lowest BCUT2D eigenvalue weighted by Gasteiger charge is -2.28. The van der Waals surface area contributed by atoms with E-state index in [-0.39, 0.29) is 23.7 Å². The first kappa shape index (κ1) is 24.5. The van der Waals surface area contributed by atoms with Crippen LogP contribution >= 0.6 is 0 Å². The number of unbranched alkanes of at least 4 members (excludes halogenated alkanes) is 1. The van der Waals surface area contributed by atoms with Crippen molar-refractivity contribution < 1.29 is 27.1 Å². The molecule has 1 aliphatic heterocycles. The van der Waals surface area contributed by atoms with Crippen LogP contribution in [0.2, 0.25) is 0 Å². The molecule has 0 spiro atoms. The third-order valence-electron chi connectivity index (χ3n) is 5.51. The minimum Gasteiger partial charge on any atom is -0.497 e. The molecule has 3 rings (SSSR count). The zero-order valence-electron chi connectivity index (χ0n) is 18.8. The summed E-state index contributed by atoms with van der Waals surface area (Å²) in [5.41, 5.74) is 0.769. The average molecular weight is 478 g/mol. The van der Waals surface area contributed by atoms with Crippen LogP contribution in [0, 0.1) is 11.7 Å². The summed E-state index contributed by atoms with van der Waals surface area (Å²) in [7, 11) is -2.14. The third-order valence-corrected chi connectivity index (χ3v) is 6.10. The van der Waals surface area contributed by atoms with Crippen LogP contribution in [0.25, 0.3) is 0 Å². The predicted molar refractivity (Wildman–Crippen MR) is 124 cm³/mol. The molecular formula is C23H28FN3O5S. The van der Waals surface area contributed by atoms with Crippen LogP contribution in [-0.2, 0) is 19.6 Å². The highest BCUT2D eigenvalue weighted by atomic mass is 32.2. The van der Waals surface area contributed by atoms with Gasteiger partial charge in [0.25, 0.3) is 0 Å². The van der Waals surface area contributed by atoms with Gasteiger partial charge in [0, 0.05) is 18.7 Å². The van der Waals surface area contributed by atoms with E-state index >= 15 is 0 Å². The van der Waals surface area contributed by atoms with Gasteiger partial charge in [0.2, 0.25) is 21.8 Å². The number of nitrogens with zero attached hydrogens (tertiary/aromatic N) is 1. The molecule has 33 heavy (non-hydrogen) atoms. The Kier molecular flexibility index (Phi) is 7.57. The summed E-state index contributed by atoms with van der Waals surface area (Å²) in [6, 6.07) is 10.4. The van der Waals surface area contributed by atoms with Gasteiger partial charge in [-0.2, -0.15) is 0 Å². The lowest BCUT2D eigenvalue weighted by Crippen LogP contribution is -2.33. The molecule has 1 heterocycles. The standard InChI is InChI=1S/C23H28FN3O5S/c1-4-5-12-27-21(28)14-18(22(27)15-6-9-17(32-2)10-7-15)23(29)25-16-8-11-19(24)20(13-16)26-33(3,30)31/h6-11,13,18,22,26H,4-5,12,14H2,1-3H3,(H,25,29)/t18-,22+/m0/s1. The Hall–Kier alpha value is -3.14. The molecule has 2 aromatic carbocycles. The maximum absolute atomic E-state index is 14.0. The van der Waals surface area contributed by atoms with E-state index in [2.05, 4.69) is 10.0 Å². The van der Waals surface area contributed by atoms with Crippen LogP contribution in [0.1, 0.15) is 37.8 Å². The van der Waals surface area contributed by atoms with E-state index in [0.29, 0.717) is 12.3 Å². The number of ether oxygens (including phenoxy) is 1. The van der Waals surface area contributed by atoms with Crippen LogP contribution in [-0.4, -0.2) is 45.0 Å². The Morgan fingerprint density at radius 2 is 1.91 bits per heavy atom. The number of carbonyl (C=O) groups is 2. The molecule has 1 saturated heterocycles. The Morgan fingerprint density at radius 1 is 1.21 bits per heavy atom. The van der Waals surface area contributed by atoms with Gasteiger partial charge >= 0.3 is 0 Å². The second-order valence-electron chi connectivity index (χ2n) is 8.03. The fourth-order valence-corrected chi connectivity index (χ4v) is 4.50. The van der Waals surface area contributed by atoms with Crippen LogP contribution < -0.4 is 14.8 Å². The van der Waals surface area contributed by atoms with Gasteiger partial charge in [0.15, 0.2) is 0 Å². The number of halogens is 1. The normalized spacial score (nSPS) is 18.3. The molecule has 2 amide bonds. The molecule has 1 aliphatic rings. The third kappa shape index (κ3) is 6.01. The first-order chi connectivity index (χ1) is 15.6. The highest BCUT2D eigenvalue weighted by Crippen LogP contribution is 2.39. The Balaban J connectivity index is 1.88. The summed E-state index contributed by atoms with van der Waals surface area (Å²) in [6.07, 6.45) is 2.67. The van der Waals surface area contributed by atoms with Crippen molar-refractivity contribution in [1.82, 2.24) is 4.90 Å². The number of amides is 2. The van der Waals surface area contributed by atoms with Crippen molar-refractivity contribution >= 4 is 33.2 Å². The van der Waals surface area contributed by atoms with Crippen molar-refractivity contribution in [2.24, 2.45) is 5.92 Å². The number of hydrogen-bond donors (Lipinski definition) is 2. The van der Waals surface area contributed by atoms with E-state index in [1.165, 1.54) is 12.1 Å². The van der Waals surface area contributed by atoms with Crippen molar-refractivity contribution in [3.63, 3.8) is 0 Å². The number of nitrogens with one attached hydrogen (secondary N) is 2. The molecular weight excluding hydrogens is 449 g/mol. The Labute approximate surface area is 193 Å². The van der Waals surface area contributed by atoms with Crippen molar-refractivity contribution in [3.8, 4) is 5.75 Å². The number of sulfonamides is 1. The monoisotopic (exact) mass is 477 g/mol. The molecule has 0 aliphatic carbocycles. The van der Waals surface area contributed by atoms with Gasteiger partial charge in [0.1, 0.15) is 11.6 Å². The number of likely N-dealkylation sites (tertiary alicyclic amines) is 1. The number of methoxy groups -OCH3 is 1. The van der Waals surface area contributed by atoms with E-state index < -0.39 is 33.7 Å². The molecule has 0 radical (unpaired) electrons. The van der Waals surface area contributed by atoms with Crippen molar-refractivity contribution in [2.45, 2.75) is 32.2 Å². The molecule has 0 aromatic heterocycles. The summed E-state index contributed by atoms with van der Waals surface area (Å²) in [5.74, 6) is -1.28. The highest BCUT2D eigenvalue weighted by molar-refractivity contribution is 7.92. The summed E-state index contributed by atoms with van der Waals surface area (Å²) in [4.78, 5) is 27.8. The Bertz CT molecular complexity index is 1120. The summed E-state index contributed by atoms with van der Waals surface area (Å²) in [5, 5.41) is 2.71. The summed E-state index contributed by atoms with van der Waals surface area (Å²) >= 11 is 0. The smallest absolute Gasteiger partial charge is 0.230 e. The predicted octanol–water partition coefficient (Wildman–Crippen LogP) is 3.53. The number of rotatable bonds is 9. The summed E-state index contributed by atoms with van der Waals surface area (Å²) < 4.78 is 44.3. The number of anilines is 2. The number of carbonyl (C=O) groups excluding carboxylic acids is 2. The van der Waals surface area contributed by atoms with Gasteiger partial charge in [-0.15, -0.1) is 0 Å². The van der Waals surface area contributed by atoms with Crippen molar-refractivity contribution in [3.05, 3.63) is 53.8 Å². The van der Waals surface area contributed by atoms with Crippen molar-refractivity contribution in [2.75, 3.05) is 29.9 Å². The lowest BCUT2D eigenvalue weighted by atomic mass is 9.92. The minimum absolute atomic E-state index is 0.0435. The van der Waals surface area contributed by atoms with Gasteiger partial charge in [-0.1, -0.05) is 25.5 Å². The van der Waals surface area contributed by atoms with Gasteiger partial charge < -0.3 is 15.0 Å². The fourth-order valence-electron chi connectivity index (χ4n) is 3.95. The average Bonchev–Trinajstić information content (AvgIpc) is 3.10. The molecule has 0 unspecified atom stereocenters. The second kappa shape index (κ2) is 10.2. The molecule has 2 aromatic rings. The van der Waals surface area contributed by atoms with Crippen LogP contribution in [0.4, 0.5) is 15.8 Å². The van der Waals surface area contributed by atoms with E-state index in [1.54, 1.807) is 24.1 Å². The Morgan fingerprint density at radius 3 is 2.52 bits per heavy atom. The van der Waals surface area contributed by atoms with Crippen LogP contribution in [0.15, 0.2) is 42.5 Å². The number of hydrogen-bond acceptors (Lipinski definition) is 5. The molecule has 178 valence electrons. The zero-order valence-corrected chi connectivity index (χ0v) is 19.6. The highest BCUT2D eigenvalue weighted by Gasteiger charge is 2.44. The quantitative estimate of drug-likeness (QED) is 0.575. The molecule has 1 fully saturated rings. The largest absolute Gasteiger partial charge is 0.497 e.